The first-order chi connectivity index (χ1) is 5.74. The zero-order valence-corrected chi connectivity index (χ0v) is 7.17. The molecule has 0 saturated carbocycles. The molecule has 2 atom stereocenters. The highest BCUT2D eigenvalue weighted by Crippen LogP contribution is 2.10. The van der Waals surface area contributed by atoms with Crippen LogP contribution in [0.1, 0.15) is 19.8 Å². The molecule has 0 aromatic heterocycles. The number of amides is 1. The highest BCUT2D eigenvalue weighted by molar-refractivity contribution is 5.81. The van der Waals surface area contributed by atoms with E-state index in [1.807, 2.05) is 6.92 Å². The van der Waals surface area contributed by atoms with Gasteiger partial charge >= 0.3 is 0 Å². The van der Waals surface area contributed by atoms with Crippen LogP contribution >= 0.6 is 0 Å². The normalized spacial score (nSPS) is 23.5. The van der Waals surface area contributed by atoms with E-state index in [0.717, 1.165) is 6.42 Å². The Morgan fingerprint density at radius 1 is 1.92 bits per heavy atom. The lowest BCUT2D eigenvalue weighted by Crippen LogP contribution is -2.46. The van der Waals surface area contributed by atoms with Gasteiger partial charge in [0.1, 0.15) is 6.10 Å². The van der Waals surface area contributed by atoms with Gasteiger partial charge in [0.15, 0.2) is 0 Å². The van der Waals surface area contributed by atoms with E-state index in [1.165, 1.54) is 0 Å². The fourth-order valence-corrected chi connectivity index (χ4v) is 1.01. The zero-order valence-electron chi connectivity index (χ0n) is 7.17. The smallest absolute Gasteiger partial charge is 0.249 e. The van der Waals surface area contributed by atoms with Gasteiger partial charge in [0.25, 0.3) is 0 Å². The van der Waals surface area contributed by atoms with E-state index in [-0.39, 0.29) is 18.1 Å². The predicted octanol–water partition coefficient (Wildman–Crippen LogP) is 0.303. The van der Waals surface area contributed by atoms with E-state index in [2.05, 4.69) is 11.2 Å². The molecule has 0 aromatic carbocycles. The van der Waals surface area contributed by atoms with E-state index in [0.29, 0.717) is 13.0 Å². The van der Waals surface area contributed by atoms with Crippen molar-refractivity contribution >= 4 is 5.91 Å². The zero-order chi connectivity index (χ0) is 8.97. The molecule has 3 nitrogen and oxygen atoms in total. The lowest BCUT2D eigenvalue weighted by atomic mass is 10.1. The fraction of sp³-hybridized carbons (Fsp3) is 0.667. The molecule has 1 fully saturated rings. The summed E-state index contributed by atoms with van der Waals surface area (Å²) in [4.78, 5) is 11.2. The van der Waals surface area contributed by atoms with Crippen LogP contribution in [-0.4, -0.2) is 24.7 Å². The van der Waals surface area contributed by atoms with Crippen LogP contribution in [0.15, 0.2) is 0 Å². The lowest BCUT2D eigenvalue weighted by Gasteiger charge is -2.26. The number of hydrogen-bond acceptors (Lipinski definition) is 2. The Kier molecular flexibility index (Phi) is 3.12. The second kappa shape index (κ2) is 4.13. The van der Waals surface area contributed by atoms with E-state index < -0.39 is 0 Å². The number of terminal acetylenes is 1. The van der Waals surface area contributed by atoms with Gasteiger partial charge in [0, 0.05) is 18.9 Å². The summed E-state index contributed by atoms with van der Waals surface area (Å²) in [6.07, 6.45) is 6.26. The van der Waals surface area contributed by atoms with Crippen LogP contribution in [0.25, 0.3) is 0 Å². The first-order valence-electron chi connectivity index (χ1n) is 4.09. The number of hydrogen-bond donors (Lipinski definition) is 1. The minimum atomic E-state index is -0.231. The maximum Gasteiger partial charge on any atom is 0.249 e. The first kappa shape index (κ1) is 9.08. The van der Waals surface area contributed by atoms with Gasteiger partial charge in [0.05, 0.1) is 6.61 Å². The summed E-state index contributed by atoms with van der Waals surface area (Å²) in [5.74, 6) is 2.45. The molecule has 1 N–H and O–H groups in total. The molecule has 0 spiro atoms. The summed E-state index contributed by atoms with van der Waals surface area (Å²) in [6, 6.07) is 0.0479. The summed E-state index contributed by atoms with van der Waals surface area (Å²) < 4.78 is 5.01. The Morgan fingerprint density at radius 3 is 3.00 bits per heavy atom. The van der Waals surface area contributed by atoms with Crippen molar-refractivity contribution in [3.8, 4) is 12.3 Å². The Hall–Kier alpha value is -1.01. The SMILES string of the molecule is C#CCC(C)NC(=O)C1CCO1. The van der Waals surface area contributed by atoms with Crippen LogP contribution in [-0.2, 0) is 9.53 Å². The minimum absolute atomic E-state index is 0.0380. The van der Waals surface area contributed by atoms with Crippen molar-refractivity contribution in [2.75, 3.05) is 6.61 Å². The van der Waals surface area contributed by atoms with Crippen molar-refractivity contribution < 1.29 is 9.53 Å². The number of carbonyl (C=O) groups is 1. The molecule has 1 saturated heterocycles. The predicted molar refractivity (Wildman–Crippen MR) is 45.4 cm³/mol. The van der Waals surface area contributed by atoms with E-state index in [9.17, 15) is 4.79 Å². The van der Waals surface area contributed by atoms with Crippen LogP contribution < -0.4 is 5.32 Å². The summed E-state index contributed by atoms with van der Waals surface area (Å²) in [6.45, 7) is 2.58. The molecule has 1 rings (SSSR count). The van der Waals surface area contributed by atoms with Crippen LogP contribution in [0.2, 0.25) is 0 Å². The Morgan fingerprint density at radius 2 is 2.58 bits per heavy atom. The van der Waals surface area contributed by atoms with Gasteiger partial charge in [-0.15, -0.1) is 12.3 Å². The van der Waals surface area contributed by atoms with E-state index >= 15 is 0 Å². The fourth-order valence-electron chi connectivity index (χ4n) is 1.01. The second-order valence-corrected chi connectivity index (χ2v) is 2.97. The molecule has 1 aliphatic heterocycles. The van der Waals surface area contributed by atoms with Gasteiger partial charge in [0.2, 0.25) is 5.91 Å². The van der Waals surface area contributed by atoms with E-state index in [1.54, 1.807) is 0 Å². The maximum atomic E-state index is 11.2. The van der Waals surface area contributed by atoms with E-state index in [4.69, 9.17) is 11.2 Å². The molecule has 3 heteroatoms. The maximum absolute atomic E-state index is 11.2. The molecule has 1 amide bonds. The average molecular weight is 167 g/mol. The third-order valence-electron chi connectivity index (χ3n) is 1.80. The topological polar surface area (TPSA) is 38.3 Å². The molecule has 2 unspecified atom stereocenters. The van der Waals surface area contributed by atoms with Crippen LogP contribution in [0.3, 0.4) is 0 Å². The highest BCUT2D eigenvalue weighted by Gasteiger charge is 2.26. The summed E-state index contributed by atoms with van der Waals surface area (Å²) in [5, 5.41) is 2.78. The van der Waals surface area contributed by atoms with Crippen molar-refractivity contribution in [3.63, 3.8) is 0 Å². The Balaban J connectivity index is 2.21. The molecule has 66 valence electrons. The summed E-state index contributed by atoms with van der Waals surface area (Å²) >= 11 is 0. The molecule has 0 aliphatic carbocycles. The second-order valence-electron chi connectivity index (χ2n) is 2.97. The lowest BCUT2D eigenvalue weighted by molar-refractivity contribution is -0.145. The van der Waals surface area contributed by atoms with Gasteiger partial charge in [-0.25, -0.2) is 0 Å². The van der Waals surface area contributed by atoms with Crippen molar-refractivity contribution in [1.82, 2.24) is 5.32 Å². The standard InChI is InChI=1S/C9H13NO2/c1-3-4-7(2)10-9(11)8-5-6-12-8/h1,7-8H,4-6H2,2H3,(H,10,11). The quantitative estimate of drug-likeness (QED) is 0.614. The largest absolute Gasteiger partial charge is 0.368 e. The van der Waals surface area contributed by atoms with Crippen molar-refractivity contribution in [2.24, 2.45) is 0 Å². The molecule has 1 heterocycles. The van der Waals surface area contributed by atoms with Gasteiger partial charge < -0.3 is 10.1 Å². The third kappa shape index (κ3) is 2.24. The Labute approximate surface area is 72.5 Å². The van der Waals surface area contributed by atoms with Crippen molar-refractivity contribution in [1.29, 1.82) is 0 Å². The molecule has 12 heavy (non-hydrogen) atoms. The van der Waals surface area contributed by atoms with Crippen LogP contribution in [0.4, 0.5) is 0 Å². The minimum Gasteiger partial charge on any atom is -0.368 e. The van der Waals surface area contributed by atoms with Crippen molar-refractivity contribution in [3.05, 3.63) is 0 Å². The molecular weight excluding hydrogens is 154 g/mol. The number of nitrogens with one attached hydrogen (secondary N) is 1. The first-order valence-corrected chi connectivity index (χ1v) is 4.09. The number of carbonyl (C=O) groups excluding carboxylic acids is 1. The number of rotatable bonds is 3. The Bertz CT molecular complexity index is 203. The van der Waals surface area contributed by atoms with Crippen molar-refractivity contribution in [2.45, 2.75) is 31.9 Å². The molecule has 1 aliphatic rings. The van der Waals surface area contributed by atoms with Crippen LogP contribution in [0, 0.1) is 12.3 Å². The average Bonchev–Trinajstić information content (AvgIpc) is 1.82. The van der Waals surface area contributed by atoms with Gasteiger partial charge in [-0.1, -0.05) is 0 Å². The molecular formula is C9H13NO2. The summed E-state index contributed by atoms with van der Waals surface area (Å²) in [7, 11) is 0. The van der Waals surface area contributed by atoms with Gasteiger partial charge in [-0.3, -0.25) is 4.79 Å². The van der Waals surface area contributed by atoms with Crippen LogP contribution in [0.5, 0.6) is 0 Å². The monoisotopic (exact) mass is 167 g/mol. The summed E-state index contributed by atoms with van der Waals surface area (Å²) in [5.41, 5.74) is 0. The highest BCUT2D eigenvalue weighted by atomic mass is 16.5. The van der Waals surface area contributed by atoms with Gasteiger partial charge in [-0.05, 0) is 6.92 Å². The third-order valence-corrected chi connectivity index (χ3v) is 1.80. The molecule has 0 bridgehead atoms. The number of ether oxygens (including phenoxy) is 1. The molecule has 0 aromatic rings. The molecule has 0 radical (unpaired) electrons. The van der Waals surface area contributed by atoms with Gasteiger partial charge in [-0.2, -0.15) is 0 Å².